The normalized spacial score (nSPS) is 36.7. The van der Waals surface area contributed by atoms with E-state index in [1.165, 1.54) is 0 Å². The Balaban J connectivity index is 1.90. The van der Waals surface area contributed by atoms with Gasteiger partial charge in [-0.25, -0.2) is 0 Å². The number of carbonyl (C=O) groups is 1. The first kappa shape index (κ1) is 13.9. The first-order valence-corrected chi connectivity index (χ1v) is 7.25. The Hall–Kier alpha value is -0.570. The summed E-state index contributed by atoms with van der Waals surface area (Å²) in [5.41, 5.74) is -0.592. The molecule has 2 saturated carbocycles. The van der Waals surface area contributed by atoms with Crippen LogP contribution < -0.4 is 0 Å². The van der Waals surface area contributed by atoms with E-state index in [2.05, 4.69) is 0 Å². The molecule has 0 aromatic rings. The predicted octanol–water partition coefficient (Wildman–Crippen LogP) is 2.76. The van der Waals surface area contributed by atoms with Gasteiger partial charge in [0.25, 0.3) is 0 Å². The highest BCUT2D eigenvalue weighted by Crippen LogP contribution is 2.53. The molecule has 5 atom stereocenters. The summed E-state index contributed by atoms with van der Waals surface area (Å²) >= 11 is 0. The lowest BCUT2D eigenvalue weighted by molar-refractivity contribution is -0.157. The van der Waals surface area contributed by atoms with Gasteiger partial charge in [0.1, 0.15) is 6.10 Å². The maximum Gasteiger partial charge on any atom is 0.308 e. The second kappa shape index (κ2) is 4.84. The minimum absolute atomic E-state index is 0.00852. The monoisotopic (exact) mass is 254 g/mol. The highest BCUT2D eigenvalue weighted by atomic mass is 16.5. The summed E-state index contributed by atoms with van der Waals surface area (Å²) in [6.45, 7) is 7.74. The molecule has 3 heteroatoms. The molecule has 0 aromatic carbocycles. The van der Waals surface area contributed by atoms with Crippen LogP contribution >= 0.6 is 0 Å². The molecular weight excluding hydrogens is 228 g/mol. The maximum atomic E-state index is 11.8. The minimum atomic E-state index is -0.592. The van der Waals surface area contributed by atoms with E-state index in [9.17, 15) is 9.90 Å². The van der Waals surface area contributed by atoms with Crippen molar-refractivity contribution < 1.29 is 14.6 Å². The molecule has 104 valence electrons. The number of esters is 1. The third kappa shape index (κ3) is 2.56. The van der Waals surface area contributed by atoms with E-state index < -0.39 is 5.60 Å². The number of carbonyl (C=O) groups excluding carboxylic acids is 1. The number of hydrogen-bond donors (Lipinski definition) is 1. The van der Waals surface area contributed by atoms with Crippen molar-refractivity contribution in [2.45, 2.75) is 65.1 Å². The summed E-state index contributed by atoms with van der Waals surface area (Å²) in [4.78, 5) is 11.8. The van der Waals surface area contributed by atoms with E-state index in [4.69, 9.17) is 4.74 Å². The number of hydrogen-bond acceptors (Lipinski definition) is 3. The van der Waals surface area contributed by atoms with Crippen molar-refractivity contribution in [2.24, 2.45) is 23.7 Å². The zero-order valence-electron chi connectivity index (χ0n) is 12.0. The minimum Gasteiger partial charge on any atom is -0.462 e. The summed E-state index contributed by atoms with van der Waals surface area (Å²) in [6.07, 6.45) is 4.02. The van der Waals surface area contributed by atoms with Gasteiger partial charge in [-0.1, -0.05) is 13.8 Å². The van der Waals surface area contributed by atoms with Crippen LogP contribution in [0.1, 0.15) is 53.4 Å². The van der Waals surface area contributed by atoms with Gasteiger partial charge in [0, 0.05) is 0 Å². The molecular formula is C15H26O3. The van der Waals surface area contributed by atoms with Gasteiger partial charge in [-0.2, -0.15) is 0 Å². The van der Waals surface area contributed by atoms with Crippen LogP contribution in [0.15, 0.2) is 0 Å². The van der Waals surface area contributed by atoms with Crippen molar-refractivity contribution in [2.75, 3.05) is 0 Å². The second-order valence-electron chi connectivity index (χ2n) is 6.77. The summed E-state index contributed by atoms with van der Waals surface area (Å²) in [6, 6.07) is 0. The number of ether oxygens (including phenoxy) is 1. The molecule has 2 aliphatic carbocycles. The maximum absolute atomic E-state index is 11.8. The van der Waals surface area contributed by atoms with Crippen LogP contribution in [-0.4, -0.2) is 22.8 Å². The van der Waals surface area contributed by atoms with Gasteiger partial charge < -0.3 is 9.84 Å². The molecule has 0 saturated heterocycles. The lowest BCUT2D eigenvalue weighted by atomic mass is 9.77. The van der Waals surface area contributed by atoms with Gasteiger partial charge in [-0.15, -0.1) is 0 Å². The number of fused-ring (bicyclic) bond motifs is 2. The Bertz CT molecular complexity index is 318. The van der Waals surface area contributed by atoms with E-state index in [0.717, 1.165) is 25.7 Å². The summed E-state index contributed by atoms with van der Waals surface area (Å²) in [5, 5.41) is 10.1. The Morgan fingerprint density at radius 1 is 1.33 bits per heavy atom. The average molecular weight is 254 g/mol. The molecule has 0 spiro atoms. The van der Waals surface area contributed by atoms with E-state index in [-0.39, 0.29) is 18.0 Å². The van der Waals surface area contributed by atoms with Gasteiger partial charge in [0.2, 0.25) is 0 Å². The Morgan fingerprint density at radius 3 is 2.44 bits per heavy atom. The Morgan fingerprint density at radius 2 is 2.00 bits per heavy atom. The van der Waals surface area contributed by atoms with Crippen LogP contribution in [0.5, 0.6) is 0 Å². The molecule has 0 aromatic heterocycles. The quantitative estimate of drug-likeness (QED) is 0.785. The molecule has 0 heterocycles. The summed E-state index contributed by atoms with van der Waals surface area (Å²) < 4.78 is 5.64. The van der Waals surface area contributed by atoms with Gasteiger partial charge in [0.05, 0.1) is 11.5 Å². The van der Waals surface area contributed by atoms with Crippen LogP contribution in [0.2, 0.25) is 0 Å². The molecule has 1 N–H and O–H groups in total. The van der Waals surface area contributed by atoms with Crippen molar-refractivity contribution in [3.8, 4) is 0 Å². The van der Waals surface area contributed by atoms with Crippen LogP contribution in [0.4, 0.5) is 0 Å². The molecule has 2 bridgehead atoms. The van der Waals surface area contributed by atoms with Crippen molar-refractivity contribution in [1.29, 1.82) is 0 Å². The van der Waals surface area contributed by atoms with E-state index in [1.54, 1.807) is 0 Å². The number of rotatable bonds is 4. The first-order chi connectivity index (χ1) is 8.32. The third-order valence-corrected chi connectivity index (χ3v) is 4.98. The fourth-order valence-electron chi connectivity index (χ4n) is 3.66. The van der Waals surface area contributed by atoms with Crippen molar-refractivity contribution in [3.05, 3.63) is 0 Å². The highest BCUT2D eigenvalue weighted by molar-refractivity contribution is 5.72. The average Bonchev–Trinajstić information content (AvgIpc) is 2.86. The Labute approximate surface area is 110 Å². The zero-order valence-corrected chi connectivity index (χ0v) is 12.0. The molecule has 18 heavy (non-hydrogen) atoms. The van der Waals surface area contributed by atoms with E-state index >= 15 is 0 Å². The van der Waals surface area contributed by atoms with Gasteiger partial charge in [-0.05, 0) is 57.3 Å². The molecule has 2 aliphatic rings. The lowest BCUT2D eigenvalue weighted by Crippen LogP contribution is -2.38. The van der Waals surface area contributed by atoms with Crippen LogP contribution in [-0.2, 0) is 9.53 Å². The van der Waals surface area contributed by atoms with Crippen molar-refractivity contribution in [3.63, 3.8) is 0 Å². The molecule has 0 radical (unpaired) electrons. The predicted molar refractivity (Wildman–Crippen MR) is 70.0 cm³/mol. The topological polar surface area (TPSA) is 46.5 Å². The Kier molecular flexibility index (Phi) is 3.72. The van der Waals surface area contributed by atoms with Crippen LogP contribution in [0, 0.1) is 23.7 Å². The van der Waals surface area contributed by atoms with E-state index in [0.29, 0.717) is 17.8 Å². The van der Waals surface area contributed by atoms with Crippen LogP contribution in [0.25, 0.3) is 0 Å². The smallest absolute Gasteiger partial charge is 0.308 e. The first-order valence-electron chi connectivity index (χ1n) is 7.25. The summed E-state index contributed by atoms with van der Waals surface area (Å²) in [7, 11) is 0. The van der Waals surface area contributed by atoms with Gasteiger partial charge in [-0.3, -0.25) is 4.79 Å². The SMILES string of the molecule is CCC(C)C(=O)OC1CC2CC1CC2C(C)(C)O. The summed E-state index contributed by atoms with van der Waals surface area (Å²) in [5.74, 6) is 1.34. The number of aliphatic hydroxyl groups is 1. The van der Waals surface area contributed by atoms with Crippen molar-refractivity contribution >= 4 is 5.97 Å². The van der Waals surface area contributed by atoms with Gasteiger partial charge >= 0.3 is 5.97 Å². The third-order valence-electron chi connectivity index (χ3n) is 4.98. The van der Waals surface area contributed by atoms with E-state index in [1.807, 2.05) is 27.7 Å². The fraction of sp³-hybridized carbons (Fsp3) is 0.933. The highest BCUT2D eigenvalue weighted by Gasteiger charge is 2.51. The molecule has 0 amide bonds. The molecule has 5 unspecified atom stereocenters. The van der Waals surface area contributed by atoms with Crippen molar-refractivity contribution in [1.82, 2.24) is 0 Å². The fourth-order valence-corrected chi connectivity index (χ4v) is 3.66. The molecule has 2 fully saturated rings. The standard InChI is InChI=1S/C15H26O3/c1-5-9(2)14(16)18-13-8-10-6-11(13)7-12(10)15(3,4)17/h9-13,17H,5-8H2,1-4H3. The second-order valence-corrected chi connectivity index (χ2v) is 6.77. The molecule has 2 rings (SSSR count). The molecule has 3 nitrogen and oxygen atoms in total. The lowest BCUT2D eigenvalue weighted by Gasteiger charge is -2.35. The largest absolute Gasteiger partial charge is 0.462 e. The van der Waals surface area contributed by atoms with Gasteiger partial charge in [0.15, 0.2) is 0 Å². The zero-order chi connectivity index (χ0) is 13.5. The molecule has 0 aliphatic heterocycles. The van der Waals surface area contributed by atoms with Crippen LogP contribution in [0.3, 0.4) is 0 Å².